The molecule has 1 aliphatic carbocycles. The second kappa shape index (κ2) is 2.13. The van der Waals surface area contributed by atoms with E-state index in [9.17, 15) is 0 Å². The number of fused-ring (bicyclic) bond motifs is 1. The van der Waals surface area contributed by atoms with Gasteiger partial charge in [-0.3, -0.25) is 0 Å². The lowest BCUT2D eigenvalue weighted by Crippen LogP contribution is -1.69. The Labute approximate surface area is 67.1 Å². The van der Waals surface area contributed by atoms with Crippen LogP contribution in [0.25, 0.3) is 11.3 Å². The molecule has 0 radical (unpaired) electrons. The molecule has 0 unspecified atom stereocenters. The fourth-order valence-corrected chi connectivity index (χ4v) is 1.41. The van der Waals surface area contributed by atoms with E-state index in [1.807, 2.05) is 24.3 Å². The molecular weight excluding hydrogens is 192 g/mol. The summed E-state index contributed by atoms with van der Waals surface area (Å²) in [6, 6.07) is 7.90. The molecule has 1 aliphatic heterocycles. The highest BCUT2D eigenvalue weighted by atomic mass is 79.9. The molecule has 0 bridgehead atoms. The molecule has 0 aromatic rings. The minimum Gasteiger partial charge on any atom is -0.463 e. The van der Waals surface area contributed by atoms with Crippen LogP contribution in [0.15, 0.2) is 39.4 Å². The number of hydrogen-bond donors (Lipinski definition) is 0. The Balaban J connectivity index is 2.78. The Morgan fingerprint density at radius 1 is 1.20 bits per heavy atom. The molecular formula is C8H5BrO. The number of rotatable bonds is 0. The summed E-state index contributed by atoms with van der Waals surface area (Å²) < 4.78 is 6.25. The summed E-state index contributed by atoms with van der Waals surface area (Å²) in [5.74, 6) is 0.919. The van der Waals surface area contributed by atoms with Gasteiger partial charge in [0.25, 0.3) is 0 Å². The molecule has 0 fully saturated rings. The zero-order chi connectivity index (χ0) is 6.97. The van der Waals surface area contributed by atoms with E-state index >= 15 is 0 Å². The zero-order valence-corrected chi connectivity index (χ0v) is 6.76. The molecule has 2 rings (SSSR count). The van der Waals surface area contributed by atoms with E-state index in [1.54, 1.807) is 6.26 Å². The normalized spacial score (nSPS) is 10.5. The van der Waals surface area contributed by atoms with Crippen molar-refractivity contribution in [3.05, 3.63) is 35.0 Å². The van der Waals surface area contributed by atoms with Crippen molar-refractivity contribution in [1.82, 2.24) is 0 Å². The zero-order valence-electron chi connectivity index (χ0n) is 5.17. The Bertz CT molecular complexity index is 313. The molecule has 0 spiro atoms. The standard InChI is InChI=1S/C8H5BrO/c9-7-4-3-6-2-1-5-10-8(6)7/h1-5H. The molecule has 0 aromatic heterocycles. The Hall–Kier alpha value is -0.760. The minimum absolute atomic E-state index is 0.919. The van der Waals surface area contributed by atoms with E-state index in [4.69, 9.17) is 4.42 Å². The van der Waals surface area contributed by atoms with Gasteiger partial charge in [0.15, 0.2) is 0 Å². The van der Waals surface area contributed by atoms with Gasteiger partial charge in [-0.25, -0.2) is 0 Å². The maximum absolute atomic E-state index is 5.24. The number of hydrogen-bond acceptors (Lipinski definition) is 1. The van der Waals surface area contributed by atoms with Gasteiger partial charge in [0.05, 0.1) is 10.7 Å². The SMILES string of the molecule is Brc1ccc2cccoc1-2. The lowest BCUT2D eigenvalue weighted by Gasteiger charge is -1.94. The van der Waals surface area contributed by atoms with Gasteiger partial charge in [0, 0.05) is 5.56 Å². The summed E-state index contributed by atoms with van der Waals surface area (Å²) >= 11 is 3.37. The molecule has 50 valence electrons. The van der Waals surface area contributed by atoms with Crippen LogP contribution in [0.2, 0.25) is 0 Å². The quantitative estimate of drug-likeness (QED) is 0.632. The topological polar surface area (TPSA) is 13.1 Å². The second-order valence-electron chi connectivity index (χ2n) is 2.08. The maximum Gasteiger partial charge on any atom is 0.147 e. The summed E-state index contributed by atoms with van der Waals surface area (Å²) in [6.45, 7) is 0. The van der Waals surface area contributed by atoms with Gasteiger partial charge in [-0.05, 0) is 40.2 Å². The fraction of sp³-hybridized carbons (Fsp3) is 0. The molecule has 0 saturated carbocycles. The van der Waals surface area contributed by atoms with Gasteiger partial charge < -0.3 is 4.42 Å². The monoisotopic (exact) mass is 196 g/mol. The third-order valence-corrected chi connectivity index (χ3v) is 2.05. The van der Waals surface area contributed by atoms with E-state index in [0.29, 0.717) is 0 Å². The molecule has 0 aromatic carbocycles. The Morgan fingerprint density at radius 3 is 2.90 bits per heavy atom. The van der Waals surface area contributed by atoms with E-state index < -0.39 is 0 Å². The summed E-state index contributed by atoms with van der Waals surface area (Å²) in [4.78, 5) is 0. The van der Waals surface area contributed by atoms with Crippen LogP contribution in [0.4, 0.5) is 0 Å². The van der Waals surface area contributed by atoms with Crippen molar-refractivity contribution >= 4 is 15.9 Å². The van der Waals surface area contributed by atoms with Crippen LogP contribution >= 0.6 is 15.9 Å². The first-order valence-corrected chi connectivity index (χ1v) is 3.79. The van der Waals surface area contributed by atoms with Crippen molar-refractivity contribution in [1.29, 1.82) is 0 Å². The van der Waals surface area contributed by atoms with Crippen molar-refractivity contribution in [2.24, 2.45) is 0 Å². The molecule has 2 aliphatic rings. The third-order valence-electron chi connectivity index (χ3n) is 1.43. The maximum atomic E-state index is 5.24. The van der Waals surface area contributed by atoms with Gasteiger partial charge in [0.2, 0.25) is 0 Å². The fourth-order valence-electron chi connectivity index (χ4n) is 0.958. The van der Waals surface area contributed by atoms with Crippen molar-refractivity contribution in [2.75, 3.05) is 0 Å². The van der Waals surface area contributed by atoms with Gasteiger partial charge in [-0.2, -0.15) is 0 Å². The predicted octanol–water partition coefficient (Wildman–Crippen LogP) is 3.15. The predicted molar refractivity (Wildman–Crippen MR) is 43.0 cm³/mol. The molecule has 0 N–H and O–H groups in total. The Kier molecular flexibility index (Phi) is 1.27. The molecule has 1 heterocycles. The largest absolute Gasteiger partial charge is 0.463 e. The highest BCUT2D eigenvalue weighted by Gasteiger charge is 2.06. The van der Waals surface area contributed by atoms with Crippen LogP contribution in [0.3, 0.4) is 0 Å². The van der Waals surface area contributed by atoms with Crippen LogP contribution in [0.1, 0.15) is 0 Å². The smallest absolute Gasteiger partial charge is 0.147 e. The Morgan fingerprint density at radius 2 is 2.10 bits per heavy atom. The number of halogens is 1. The van der Waals surface area contributed by atoms with Crippen molar-refractivity contribution < 1.29 is 4.42 Å². The minimum atomic E-state index is 0.919. The third kappa shape index (κ3) is 0.762. The van der Waals surface area contributed by atoms with E-state index in [2.05, 4.69) is 15.9 Å². The average molecular weight is 197 g/mol. The van der Waals surface area contributed by atoms with E-state index in [1.165, 1.54) is 0 Å². The van der Waals surface area contributed by atoms with Gasteiger partial charge >= 0.3 is 0 Å². The molecule has 0 amide bonds. The summed E-state index contributed by atoms with van der Waals surface area (Å²) in [6.07, 6.45) is 1.67. The highest BCUT2D eigenvalue weighted by molar-refractivity contribution is 9.10. The van der Waals surface area contributed by atoms with Crippen molar-refractivity contribution in [3.63, 3.8) is 0 Å². The van der Waals surface area contributed by atoms with Gasteiger partial charge in [-0.1, -0.05) is 0 Å². The first kappa shape index (κ1) is 5.98. The van der Waals surface area contributed by atoms with Crippen LogP contribution in [0, 0.1) is 0 Å². The van der Waals surface area contributed by atoms with Crippen LogP contribution in [-0.2, 0) is 0 Å². The second-order valence-corrected chi connectivity index (χ2v) is 2.93. The van der Waals surface area contributed by atoms with Crippen LogP contribution < -0.4 is 0 Å². The lowest BCUT2D eigenvalue weighted by molar-refractivity contribution is 0.565. The first-order chi connectivity index (χ1) is 4.88. The summed E-state index contributed by atoms with van der Waals surface area (Å²) in [5, 5.41) is 0. The molecule has 1 nitrogen and oxygen atoms in total. The highest BCUT2D eigenvalue weighted by Crippen LogP contribution is 2.31. The lowest BCUT2D eigenvalue weighted by atomic mass is 10.3. The molecule has 10 heavy (non-hydrogen) atoms. The molecule has 2 heteroatoms. The summed E-state index contributed by atoms with van der Waals surface area (Å²) in [7, 11) is 0. The van der Waals surface area contributed by atoms with E-state index in [0.717, 1.165) is 15.8 Å². The first-order valence-electron chi connectivity index (χ1n) is 2.99. The van der Waals surface area contributed by atoms with Crippen LogP contribution in [0.5, 0.6) is 0 Å². The van der Waals surface area contributed by atoms with Gasteiger partial charge in [0.1, 0.15) is 5.76 Å². The summed E-state index contributed by atoms with van der Waals surface area (Å²) in [5.41, 5.74) is 1.13. The molecule has 0 saturated heterocycles. The van der Waals surface area contributed by atoms with Crippen molar-refractivity contribution in [2.45, 2.75) is 0 Å². The average Bonchev–Trinajstić information content (AvgIpc) is 2.34. The van der Waals surface area contributed by atoms with Crippen molar-refractivity contribution in [3.8, 4) is 11.3 Å². The molecule has 0 atom stereocenters. The van der Waals surface area contributed by atoms with Gasteiger partial charge in [-0.15, -0.1) is 0 Å². The van der Waals surface area contributed by atoms with E-state index in [-0.39, 0.29) is 0 Å². The van der Waals surface area contributed by atoms with Crippen LogP contribution in [-0.4, -0.2) is 0 Å².